The van der Waals surface area contributed by atoms with E-state index in [4.69, 9.17) is 5.73 Å². The number of rotatable bonds is 7. The molecule has 4 amide bonds. The molecule has 1 atom stereocenters. The highest BCUT2D eigenvalue weighted by atomic mass is 16.2. The van der Waals surface area contributed by atoms with Crippen LogP contribution < -0.4 is 21.7 Å². The average molecular weight is 368 g/mol. The molecule has 0 aromatic heterocycles. The molecule has 2 rings (SSSR count). The van der Waals surface area contributed by atoms with Crippen molar-refractivity contribution in [1.82, 2.24) is 10.6 Å². The summed E-state index contributed by atoms with van der Waals surface area (Å²) in [6.45, 7) is 4.03. The van der Waals surface area contributed by atoms with Gasteiger partial charge >= 0.3 is 6.03 Å². The fourth-order valence-corrected chi connectivity index (χ4v) is 2.48. The summed E-state index contributed by atoms with van der Waals surface area (Å²) < 4.78 is 0. The molecule has 5 N–H and O–H groups in total. The van der Waals surface area contributed by atoms with E-state index >= 15 is 0 Å². The second-order valence-electron chi connectivity index (χ2n) is 6.47. The number of primary amides is 1. The van der Waals surface area contributed by atoms with Gasteiger partial charge in [0.25, 0.3) is 0 Å². The van der Waals surface area contributed by atoms with Gasteiger partial charge < -0.3 is 21.7 Å². The van der Waals surface area contributed by atoms with Gasteiger partial charge in [-0.2, -0.15) is 0 Å². The SMILES string of the molecule is CC(C)C(NC(=O)NCc1ccccc1)C(=O)Nc1cccc(C(N)=O)c1. The van der Waals surface area contributed by atoms with Crippen LogP contribution in [0.1, 0.15) is 29.8 Å². The van der Waals surface area contributed by atoms with E-state index in [1.54, 1.807) is 18.2 Å². The topological polar surface area (TPSA) is 113 Å². The summed E-state index contributed by atoms with van der Waals surface area (Å²) in [6.07, 6.45) is 0. The van der Waals surface area contributed by atoms with E-state index in [9.17, 15) is 14.4 Å². The third kappa shape index (κ3) is 6.14. The number of carbonyl (C=O) groups is 3. The highest BCUT2D eigenvalue weighted by Gasteiger charge is 2.24. The van der Waals surface area contributed by atoms with Gasteiger partial charge in [-0.15, -0.1) is 0 Å². The second kappa shape index (κ2) is 9.38. The predicted octanol–water partition coefficient (Wildman–Crippen LogP) is 2.25. The number of urea groups is 1. The van der Waals surface area contributed by atoms with Gasteiger partial charge in [0.1, 0.15) is 6.04 Å². The van der Waals surface area contributed by atoms with Crippen molar-refractivity contribution in [2.45, 2.75) is 26.4 Å². The molecule has 7 heteroatoms. The molecular weight excluding hydrogens is 344 g/mol. The van der Waals surface area contributed by atoms with Crippen LogP contribution in [-0.2, 0) is 11.3 Å². The molecular formula is C20H24N4O3. The van der Waals surface area contributed by atoms with Crippen LogP contribution in [-0.4, -0.2) is 23.9 Å². The summed E-state index contributed by atoms with van der Waals surface area (Å²) in [6, 6.07) is 14.6. The maximum Gasteiger partial charge on any atom is 0.315 e. The Kier molecular flexibility index (Phi) is 6.93. The first-order valence-corrected chi connectivity index (χ1v) is 8.66. The van der Waals surface area contributed by atoms with Crippen molar-refractivity contribution < 1.29 is 14.4 Å². The number of carbonyl (C=O) groups excluding carboxylic acids is 3. The monoisotopic (exact) mass is 368 g/mol. The van der Waals surface area contributed by atoms with E-state index in [1.807, 2.05) is 44.2 Å². The lowest BCUT2D eigenvalue weighted by molar-refractivity contribution is -0.118. The summed E-state index contributed by atoms with van der Waals surface area (Å²) in [5.74, 6) is -1.08. The molecule has 27 heavy (non-hydrogen) atoms. The molecule has 1 unspecified atom stereocenters. The van der Waals surface area contributed by atoms with Gasteiger partial charge in [-0.25, -0.2) is 4.79 Å². The van der Waals surface area contributed by atoms with Gasteiger partial charge in [0.05, 0.1) is 0 Å². The zero-order valence-electron chi connectivity index (χ0n) is 15.4. The number of nitrogens with one attached hydrogen (secondary N) is 3. The van der Waals surface area contributed by atoms with Crippen LogP contribution >= 0.6 is 0 Å². The summed E-state index contributed by atoms with van der Waals surface area (Å²) >= 11 is 0. The molecule has 0 fully saturated rings. The number of hydrogen-bond donors (Lipinski definition) is 4. The van der Waals surface area contributed by atoms with Crippen LogP contribution in [0.25, 0.3) is 0 Å². The largest absolute Gasteiger partial charge is 0.366 e. The summed E-state index contributed by atoms with van der Waals surface area (Å²) in [4.78, 5) is 36.0. The van der Waals surface area contributed by atoms with E-state index in [0.29, 0.717) is 17.8 Å². The van der Waals surface area contributed by atoms with Crippen molar-refractivity contribution in [3.63, 3.8) is 0 Å². The highest BCUT2D eigenvalue weighted by Crippen LogP contribution is 2.12. The third-order valence-electron chi connectivity index (χ3n) is 3.95. The molecule has 2 aromatic carbocycles. The maximum atomic E-state index is 12.6. The lowest BCUT2D eigenvalue weighted by Crippen LogP contribution is -2.50. The number of benzene rings is 2. The molecule has 0 saturated carbocycles. The molecule has 142 valence electrons. The Bertz CT molecular complexity index is 806. The number of amides is 4. The van der Waals surface area contributed by atoms with E-state index in [-0.39, 0.29) is 11.8 Å². The number of hydrogen-bond acceptors (Lipinski definition) is 3. The Hall–Kier alpha value is -3.35. The Balaban J connectivity index is 1.97. The molecule has 2 aromatic rings. The van der Waals surface area contributed by atoms with Gasteiger partial charge in [0.2, 0.25) is 11.8 Å². The van der Waals surface area contributed by atoms with Crippen LogP contribution in [0, 0.1) is 5.92 Å². The van der Waals surface area contributed by atoms with E-state index in [0.717, 1.165) is 5.56 Å². The van der Waals surface area contributed by atoms with Gasteiger partial charge in [0.15, 0.2) is 0 Å². The van der Waals surface area contributed by atoms with Crippen LogP contribution in [0.2, 0.25) is 0 Å². The summed E-state index contributed by atoms with van der Waals surface area (Å²) in [7, 11) is 0. The van der Waals surface area contributed by atoms with Crippen LogP contribution in [0.3, 0.4) is 0 Å². The zero-order valence-corrected chi connectivity index (χ0v) is 15.4. The van der Waals surface area contributed by atoms with E-state index < -0.39 is 18.0 Å². The second-order valence-corrected chi connectivity index (χ2v) is 6.47. The van der Waals surface area contributed by atoms with Crippen molar-refractivity contribution in [2.24, 2.45) is 11.7 Å². The van der Waals surface area contributed by atoms with Crippen molar-refractivity contribution >= 4 is 23.5 Å². The molecule has 0 aliphatic heterocycles. The normalized spacial score (nSPS) is 11.5. The molecule has 0 aliphatic carbocycles. The first-order chi connectivity index (χ1) is 12.9. The van der Waals surface area contributed by atoms with Gasteiger partial charge in [-0.05, 0) is 29.7 Å². The minimum Gasteiger partial charge on any atom is -0.366 e. The van der Waals surface area contributed by atoms with Crippen LogP contribution in [0.5, 0.6) is 0 Å². The molecule has 0 spiro atoms. The Morgan fingerprint density at radius 2 is 1.70 bits per heavy atom. The first-order valence-electron chi connectivity index (χ1n) is 8.66. The van der Waals surface area contributed by atoms with Crippen molar-refractivity contribution in [3.05, 3.63) is 65.7 Å². The van der Waals surface area contributed by atoms with Gasteiger partial charge in [0, 0.05) is 17.8 Å². The van der Waals surface area contributed by atoms with Crippen molar-refractivity contribution in [3.8, 4) is 0 Å². The minimum atomic E-state index is -0.738. The standard InChI is InChI=1S/C20H24N4O3/c1-13(2)17(24-20(27)22-12-14-7-4-3-5-8-14)19(26)23-16-10-6-9-15(11-16)18(21)25/h3-11,13,17H,12H2,1-2H3,(H2,21,25)(H,23,26)(H2,22,24,27). The fraction of sp³-hybridized carbons (Fsp3) is 0.250. The zero-order chi connectivity index (χ0) is 19.8. The lowest BCUT2D eigenvalue weighted by atomic mass is 10.0. The van der Waals surface area contributed by atoms with E-state index in [2.05, 4.69) is 16.0 Å². The quantitative estimate of drug-likeness (QED) is 0.601. The van der Waals surface area contributed by atoms with Crippen LogP contribution in [0.4, 0.5) is 10.5 Å². The van der Waals surface area contributed by atoms with E-state index in [1.165, 1.54) is 6.07 Å². The van der Waals surface area contributed by atoms with Gasteiger partial charge in [-0.3, -0.25) is 9.59 Å². The maximum absolute atomic E-state index is 12.6. The minimum absolute atomic E-state index is 0.133. The molecule has 7 nitrogen and oxygen atoms in total. The van der Waals surface area contributed by atoms with Crippen molar-refractivity contribution in [1.29, 1.82) is 0 Å². The Labute approximate surface area is 158 Å². The lowest BCUT2D eigenvalue weighted by Gasteiger charge is -2.22. The van der Waals surface area contributed by atoms with Crippen molar-refractivity contribution in [2.75, 3.05) is 5.32 Å². The predicted molar refractivity (Wildman–Crippen MR) is 104 cm³/mol. The summed E-state index contributed by atoms with van der Waals surface area (Å²) in [5.41, 5.74) is 6.94. The molecule has 0 aliphatic rings. The smallest absolute Gasteiger partial charge is 0.315 e. The van der Waals surface area contributed by atoms with Gasteiger partial charge in [-0.1, -0.05) is 50.2 Å². The first kappa shape index (κ1) is 20.0. The van der Waals surface area contributed by atoms with Crippen LogP contribution in [0.15, 0.2) is 54.6 Å². The summed E-state index contributed by atoms with van der Waals surface area (Å²) in [5, 5.41) is 8.13. The Morgan fingerprint density at radius 1 is 1.00 bits per heavy atom. The number of nitrogens with two attached hydrogens (primary N) is 1. The molecule has 0 bridgehead atoms. The molecule has 0 heterocycles. The average Bonchev–Trinajstić information content (AvgIpc) is 2.65. The molecule has 0 saturated heterocycles. The highest BCUT2D eigenvalue weighted by molar-refractivity contribution is 5.99. The Morgan fingerprint density at radius 3 is 2.33 bits per heavy atom. The fourth-order valence-electron chi connectivity index (χ4n) is 2.48. The number of anilines is 1. The third-order valence-corrected chi connectivity index (χ3v) is 3.95. The molecule has 0 radical (unpaired) electrons.